The number of aromatic nitrogens is 3. The number of carbonyl (C=O) groups is 1. The molecule has 3 aromatic rings. The Morgan fingerprint density at radius 3 is 3.15 bits per heavy atom. The maximum atomic E-state index is 12.0. The van der Waals surface area contributed by atoms with E-state index in [1.165, 1.54) is 0 Å². The van der Waals surface area contributed by atoms with Crippen molar-refractivity contribution < 1.29 is 4.79 Å². The third-order valence-electron chi connectivity index (χ3n) is 3.25. The van der Waals surface area contributed by atoms with E-state index >= 15 is 0 Å². The van der Waals surface area contributed by atoms with Crippen LogP contribution in [0.2, 0.25) is 0 Å². The van der Waals surface area contributed by atoms with Gasteiger partial charge >= 0.3 is 0 Å². The van der Waals surface area contributed by atoms with Gasteiger partial charge in [0.1, 0.15) is 0 Å². The second-order valence-electron chi connectivity index (χ2n) is 4.69. The third kappa shape index (κ3) is 2.71. The fraction of sp³-hybridized carbons (Fsp3) is 0.200. The lowest BCUT2D eigenvalue weighted by Gasteiger charge is -2.06. The van der Waals surface area contributed by atoms with Crippen molar-refractivity contribution in [2.45, 2.75) is 13.0 Å². The molecule has 1 amide bonds. The van der Waals surface area contributed by atoms with E-state index in [-0.39, 0.29) is 5.91 Å². The quantitative estimate of drug-likeness (QED) is 0.697. The molecule has 2 N–H and O–H groups in total. The average Bonchev–Trinajstić information content (AvgIpc) is 3.13. The first-order valence-electron chi connectivity index (χ1n) is 6.64. The maximum absolute atomic E-state index is 12.0. The van der Waals surface area contributed by atoms with Crippen LogP contribution in [0.1, 0.15) is 16.8 Å². The van der Waals surface area contributed by atoms with Gasteiger partial charge in [0.05, 0.1) is 6.33 Å². The van der Waals surface area contributed by atoms with Gasteiger partial charge < -0.3 is 14.9 Å². The third-order valence-corrected chi connectivity index (χ3v) is 3.25. The highest BCUT2D eigenvalue weighted by Gasteiger charge is 2.05. The van der Waals surface area contributed by atoms with Crippen molar-refractivity contribution >= 4 is 16.8 Å². The fourth-order valence-corrected chi connectivity index (χ4v) is 2.18. The molecule has 5 nitrogen and oxygen atoms in total. The Balaban J connectivity index is 1.53. The highest BCUT2D eigenvalue weighted by molar-refractivity contribution is 5.98. The molecule has 0 bridgehead atoms. The summed E-state index contributed by atoms with van der Waals surface area (Å²) in [6, 6.07) is 7.63. The van der Waals surface area contributed by atoms with Gasteiger partial charge in [-0.15, -0.1) is 0 Å². The van der Waals surface area contributed by atoms with E-state index in [4.69, 9.17) is 0 Å². The van der Waals surface area contributed by atoms with Gasteiger partial charge in [-0.3, -0.25) is 4.79 Å². The van der Waals surface area contributed by atoms with Crippen LogP contribution < -0.4 is 5.32 Å². The highest BCUT2D eigenvalue weighted by Crippen LogP contribution is 2.14. The summed E-state index contributed by atoms with van der Waals surface area (Å²) in [5, 5.41) is 3.99. The molecule has 102 valence electrons. The number of nitrogens with zero attached hydrogens (tertiary/aromatic N) is 2. The van der Waals surface area contributed by atoms with Crippen LogP contribution in [0.25, 0.3) is 10.9 Å². The smallest absolute Gasteiger partial charge is 0.251 e. The van der Waals surface area contributed by atoms with Gasteiger partial charge in [0.25, 0.3) is 5.91 Å². The molecule has 0 aliphatic rings. The summed E-state index contributed by atoms with van der Waals surface area (Å²) in [5.41, 5.74) is 1.74. The summed E-state index contributed by atoms with van der Waals surface area (Å²) < 4.78 is 2.00. The molecule has 2 heterocycles. The van der Waals surface area contributed by atoms with E-state index in [0.29, 0.717) is 12.1 Å². The number of imidazole rings is 1. The molecule has 0 saturated carbocycles. The number of amides is 1. The number of H-pyrrole nitrogens is 1. The van der Waals surface area contributed by atoms with E-state index in [0.717, 1.165) is 23.9 Å². The lowest BCUT2D eigenvalue weighted by atomic mass is 10.1. The molecule has 0 radical (unpaired) electrons. The number of benzene rings is 1. The van der Waals surface area contributed by atoms with Gasteiger partial charge in [0.2, 0.25) is 0 Å². The van der Waals surface area contributed by atoms with Crippen LogP contribution in [0.15, 0.2) is 49.2 Å². The van der Waals surface area contributed by atoms with Gasteiger partial charge in [0, 0.05) is 48.1 Å². The summed E-state index contributed by atoms with van der Waals surface area (Å²) in [6.45, 7) is 1.51. The number of rotatable bonds is 5. The topological polar surface area (TPSA) is 62.7 Å². The Hall–Kier alpha value is -2.56. The molecule has 0 atom stereocenters. The minimum absolute atomic E-state index is 0.0290. The first-order valence-corrected chi connectivity index (χ1v) is 6.64. The van der Waals surface area contributed by atoms with Crippen molar-refractivity contribution in [2.24, 2.45) is 0 Å². The number of hydrogen-bond acceptors (Lipinski definition) is 2. The van der Waals surface area contributed by atoms with Crippen LogP contribution in [0.5, 0.6) is 0 Å². The van der Waals surface area contributed by atoms with Crippen molar-refractivity contribution in [3.8, 4) is 0 Å². The molecule has 2 aromatic heterocycles. The van der Waals surface area contributed by atoms with Crippen LogP contribution in [0, 0.1) is 0 Å². The Bertz CT molecular complexity index is 700. The molecular formula is C15H16N4O. The van der Waals surface area contributed by atoms with E-state index in [1.807, 2.05) is 41.2 Å². The number of aromatic amines is 1. The second-order valence-corrected chi connectivity index (χ2v) is 4.69. The highest BCUT2D eigenvalue weighted by atomic mass is 16.1. The van der Waals surface area contributed by atoms with Gasteiger partial charge in [0.15, 0.2) is 0 Å². The van der Waals surface area contributed by atoms with E-state index < -0.39 is 0 Å². The minimum Gasteiger partial charge on any atom is -0.361 e. The number of hydrogen-bond donors (Lipinski definition) is 2. The van der Waals surface area contributed by atoms with Crippen LogP contribution in [-0.4, -0.2) is 27.0 Å². The van der Waals surface area contributed by atoms with Gasteiger partial charge in [-0.1, -0.05) is 0 Å². The Morgan fingerprint density at radius 2 is 2.30 bits per heavy atom. The zero-order chi connectivity index (χ0) is 13.8. The maximum Gasteiger partial charge on any atom is 0.251 e. The molecule has 5 heteroatoms. The lowest BCUT2D eigenvalue weighted by molar-refractivity contribution is 0.0953. The number of nitrogens with one attached hydrogen (secondary N) is 2. The van der Waals surface area contributed by atoms with E-state index in [1.54, 1.807) is 12.5 Å². The molecule has 3 rings (SSSR count). The summed E-state index contributed by atoms with van der Waals surface area (Å²) >= 11 is 0. The standard InChI is InChI=1S/C15H16N4O/c20-15(18-5-1-8-19-9-7-16-11-19)13-2-3-14-12(10-13)4-6-17-14/h2-4,6-7,9-11,17H,1,5,8H2,(H,18,20). The molecule has 0 aliphatic heterocycles. The van der Waals surface area contributed by atoms with Crippen molar-refractivity contribution in [3.63, 3.8) is 0 Å². The van der Waals surface area contributed by atoms with Crippen LogP contribution in [0.3, 0.4) is 0 Å². The molecule has 0 spiro atoms. The van der Waals surface area contributed by atoms with Crippen molar-refractivity contribution in [1.82, 2.24) is 19.9 Å². The summed E-state index contributed by atoms with van der Waals surface area (Å²) in [7, 11) is 0. The molecule has 0 aliphatic carbocycles. The Morgan fingerprint density at radius 1 is 1.35 bits per heavy atom. The second kappa shape index (κ2) is 5.61. The summed E-state index contributed by atoms with van der Waals surface area (Å²) in [4.78, 5) is 19.1. The molecule has 0 fully saturated rings. The molecule has 0 unspecified atom stereocenters. The minimum atomic E-state index is -0.0290. The number of carbonyl (C=O) groups excluding carboxylic acids is 1. The average molecular weight is 268 g/mol. The Labute approximate surface area is 116 Å². The van der Waals surface area contributed by atoms with Gasteiger partial charge in [-0.25, -0.2) is 4.98 Å². The first kappa shape index (κ1) is 12.5. The molecule has 1 aromatic carbocycles. The lowest BCUT2D eigenvalue weighted by Crippen LogP contribution is -2.25. The largest absolute Gasteiger partial charge is 0.361 e. The number of fused-ring (bicyclic) bond motifs is 1. The zero-order valence-corrected chi connectivity index (χ0v) is 11.0. The normalized spacial score (nSPS) is 10.8. The van der Waals surface area contributed by atoms with Crippen LogP contribution in [-0.2, 0) is 6.54 Å². The SMILES string of the molecule is O=C(NCCCn1ccnc1)c1ccc2[nH]ccc2c1. The van der Waals surface area contributed by atoms with E-state index in [9.17, 15) is 4.79 Å². The van der Waals surface area contributed by atoms with E-state index in [2.05, 4.69) is 15.3 Å². The first-order chi connectivity index (χ1) is 9.83. The van der Waals surface area contributed by atoms with Crippen molar-refractivity contribution in [2.75, 3.05) is 6.54 Å². The predicted octanol–water partition coefficient (Wildman–Crippen LogP) is 2.18. The van der Waals surface area contributed by atoms with Gasteiger partial charge in [-0.2, -0.15) is 0 Å². The predicted molar refractivity (Wildman–Crippen MR) is 77.5 cm³/mol. The van der Waals surface area contributed by atoms with Gasteiger partial charge in [-0.05, 0) is 30.7 Å². The summed E-state index contributed by atoms with van der Waals surface area (Å²) in [6.07, 6.45) is 8.21. The molecular weight excluding hydrogens is 252 g/mol. The van der Waals surface area contributed by atoms with Crippen molar-refractivity contribution in [1.29, 1.82) is 0 Å². The summed E-state index contributed by atoms with van der Waals surface area (Å²) in [5.74, 6) is -0.0290. The molecule has 0 saturated heterocycles. The molecule has 20 heavy (non-hydrogen) atoms. The van der Waals surface area contributed by atoms with Crippen LogP contribution >= 0.6 is 0 Å². The fourth-order valence-electron chi connectivity index (χ4n) is 2.18. The monoisotopic (exact) mass is 268 g/mol. The number of aryl methyl sites for hydroxylation is 1. The Kier molecular flexibility index (Phi) is 3.50. The zero-order valence-electron chi connectivity index (χ0n) is 11.0. The van der Waals surface area contributed by atoms with Crippen molar-refractivity contribution in [3.05, 3.63) is 54.7 Å². The van der Waals surface area contributed by atoms with Crippen LogP contribution in [0.4, 0.5) is 0 Å².